The van der Waals surface area contributed by atoms with Gasteiger partial charge in [-0.1, -0.05) is 44.9 Å². The number of anilines is 1. The van der Waals surface area contributed by atoms with E-state index < -0.39 is 23.5 Å². The van der Waals surface area contributed by atoms with Crippen molar-refractivity contribution in [3.8, 4) is 0 Å². The lowest BCUT2D eigenvalue weighted by molar-refractivity contribution is -0.136. The summed E-state index contributed by atoms with van der Waals surface area (Å²) in [5, 5.41) is 18.6. The van der Waals surface area contributed by atoms with Crippen molar-refractivity contribution < 1.29 is 19.5 Å². The molecule has 2 atom stereocenters. The summed E-state index contributed by atoms with van der Waals surface area (Å²) >= 11 is 0. The van der Waals surface area contributed by atoms with Crippen LogP contribution in [0.2, 0.25) is 0 Å². The Balaban J connectivity index is 1.79. The Morgan fingerprint density at radius 3 is 2.48 bits per heavy atom. The fourth-order valence-electron chi connectivity index (χ4n) is 4.41. The molecule has 0 aromatic heterocycles. The minimum Gasteiger partial charge on any atom is -0.383 e. The number of benzene rings is 1. The fraction of sp³-hybridized carbons (Fsp3) is 0.542. The highest BCUT2D eigenvalue weighted by atomic mass is 16.3. The van der Waals surface area contributed by atoms with E-state index in [0.717, 1.165) is 35.2 Å². The van der Waals surface area contributed by atoms with E-state index in [9.17, 15) is 19.5 Å². The van der Waals surface area contributed by atoms with Crippen molar-refractivity contribution in [3.63, 3.8) is 0 Å². The second-order valence-electron chi connectivity index (χ2n) is 9.14. The van der Waals surface area contributed by atoms with Crippen molar-refractivity contribution in [2.45, 2.75) is 65.5 Å². The van der Waals surface area contributed by atoms with Gasteiger partial charge in [-0.2, -0.15) is 0 Å². The zero-order valence-electron chi connectivity index (χ0n) is 18.7. The summed E-state index contributed by atoms with van der Waals surface area (Å²) in [7, 11) is 0. The van der Waals surface area contributed by atoms with E-state index in [1.165, 1.54) is 0 Å². The minimum atomic E-state index is -1.11. The van der Waals surface area contributed by atoms with Gasteiger partial charge in [0.1, 0.15) is 12.1 Å². The number of hydrogen-bond donors (Lipinski definition) is 4. The van der Waals surface area contributed by atoms with Crippen LogP contribution in [0.1, 0.15) is 58.9 Å². The molecule has 0 spiro atoms. The van der Waals surface area contributed by atoms with Crippen LogP contribution in [0.5, 0.6) is 0 Å². The predicted molar refractivity (Wildman–Crippen MR) is 120 cm³/mol. The average molecular weight is 428 g/mol. The fourth-order valence-corrected chi connectivity index (χ4v) is 4.41. The summed E-state index contributed by atoms with van der Waals surface area (Å²) in [5.74, 6) is -1.19. The summed E-state index contributed by atoms with van der Waals surface area (Å²) in [6, 6.07) is 6.80. The molecule has 1 aromatic rings. The lowest BCUT2D eigenvalue weighted by Gasteiger charge is -2.31. The Morgan fingerprint density at radius 1 is 1.19 bits per heavy atom. The largest absolute Gasteiger partial charge is 0.383 e. The van der Waals surface area contributed by atoms with Crippen molar-refractivity contribution in [1.29, 1.82) is 0 Å². The number of aliphatic hydroxyl groups excluding tert-OH is 1. The van der Waals surface area contributed by atoms with Gasteiger partial charge in [0.25, 0.3) is 5.91 Å². The normalized spacial score (nSPS) is 21.2. The predicted octanol–water partition coefficient (Wildman–Crippen LogP) is 2.61. The van der Waals surface area contributed by atoms with Crippen molar-refractivity contribution in [2.24, 2.45) is 11.3 Å². The Bertz CT molecular complexity index is 900. The van der Waals surface area contributed by atoms with Crippen LogP contribution in [0.4, 0.5) is 5.69 Å². The molecule has 3 rings (SSSR count). The van der Waals surface area contributed by atoms with Crippen molar-refractivity contribution >= 4 is 29.0 Å². The number of aliphatic hydroxyl groups is 1. The van der Waals surface area contributed by atoms with Crippen LogP contribution in [-0.2, 0) is 14.4 Å². The monoisotopic (exact) mass is 427 g/mol. The van der Waals surface area contributed by atoms with Gasteiger partial charge in [-0.15, -0.1) is 0 Å². The van der Waals surface area contributed by atoms with Gasteiger partial charge in [0.15, 0.2) is 0 Å². The van der Waals surface area contributed by atoms with Gasteiger partial charge in [-0.05, 0) is 49.8 Å². The van der Waals surface area contributed by atoms with Crippen LogP contribution >= 0.6 is 0 Å². The number of carbonyl (C=O) groups excluding carboxylic acids is 3. The molecular formula is C24H33N3O4. The molecule has 168 valence electrons. The first-order valence-electron chi connectivity index (χ1n) is 11.0. The summed E-state index contributed by atoms with van der Waals surface area (Å²) in [6.45, 7) is 7.50. The van der Waals surface area contributed by atoms with E-state index in [4.69, 9.17) is 0 Å². The van der Waals surface area contributed by atoms with E-state index in [2.05, 4.69) is 16.0 Å². The number of carbonyl (C=O) groups is 3. The maximum Gasteiger partial charge on any atom is 0.251 e. The lowest BCUT2D eigenvalue weighted by Crippen LogP contribution is -2.54. The molecule has 0 radical (unpaired) electrons. The molecule has 4 N–H and O–H groups in total. The zero-order valence-corrected chi connectivity index (χ0v) is 18.7. The highest BCUT2D eigenvalue weighted by molar-refractivity contribution is 6.05. The van der Waals surface area contributed by atoms with Crippen molar-refractivity contribution in [1.82, 2.24) is 10.6 Å². The quantitative estimate of drug-likeness (QED) is 0.560. The smallest absolute Gasteiger partial charge is 0.251 e. The molecule has 1 saturated carbocycles. The van der Waals surface area contributed by atoms with Crippen molar-refractivity contribution in [2.75, 3.05) is 11.9 Å². The maximum atomic E-state index is 13.4. The third-order valence-corrected chi connectivity index (χ3v) is 6.69. The third kappa shape index (κ3) is 4.66. The molecule has 1 aromatic carbocycles. The summed E-state index contributed by atoms with van der Waals surface area (Å²) in [6.07, 6.45) is 1.92. The number of allylic oxidation sites excluding steroid dienone is 1. The minimum absolute atomic E-state index is 0.151. The molecular weight excluding hydrogens is 394 g/mol. The van der Waals surface area contributed by atoms with Gasteiger partial charge in [0, 0.05) is 17.8 Å². The molecule has 3 amide bonds. The molecule has 31 heavy (non-hydrogen) atoms. The summed E-state index contributed by atoms with van der Waals surface area (Å²) in [5.41, 5.74) is 2.64. The lowest BCUT2D eigenvalue weighted by atomic mass is 9.84. The molecule has 0 bridgehead atoms. The van der Waals surface area contributed by atoms with E-state index in [1.54, 1.807) is 13.8 Å². The third-order valence-electron chi connectivity index (χ3n) is 6.69. The van der Waals surface area contributed by atoms with Gasteiger partial charge < -0.3 is 21.1 Å². The molecule has 0 saturated heterocycles. The van der Waals surface area contributed by atoms with E-state index in [1.807, 2.05) is 38.1 Å². The first kappa shape index (κ1) is 23.0. The van der Waals surface area contributed by atoms with Gasteiger partial charge in [-0.25, -0.2) is 0 Å². The number of nitrogens with one attached hydrogen (secondary N) is 3. The Morgan fingerprint density at radius 2 is 1.84 bits per heavy atom. The molecule has 7 nitrogen and oxygen atoms in total. The Labute approximate surface area is 183 Å². The van der Waals surface area contributed by atoms with Crippen molar-refractivity contribution in [3.05, 3.63) is 35.4 Å². The van der Waals surface area contributed by atoms with Gasteiger partial charge in [0.05, 0.1) is 5.41 Å². The molecule has 1 heterocycles. The Hall–Kier alpha value is -2.67. The molecule has 1 aliphatic heterocycles. The molecule has 2 aliphatic rings. The van der Waals surface area contributed by atoms with Gasteiger partial charge >= 0.3 is 0 Å². The van der Waals surface area contributed by atoms with Gasteiger partial charge in [-0.3, -0.25) is 14.4 Å². The highest BCUT2D eigenvalue weighted by Crippen LogP contribution is 2.39. The van der Waals surface area contributed by atoms with Crippen LogP contribution in [-0.4, -0.2) is 41.5 Å². The SMILES string of the molecule is CC1=C(C)C(NC(=O)C2(CNC(=O)[C@@H](O)C(C)C)CCCC2)C(=O)Nc2ccccc21. The molecule has 7 heteroatoms. The molecule has 1 unspecified atom stereocenters. The van der Waals surface area contributed by atoms with Crippen LogP contribution < -0.4 is 16.0 Å². The Kier molecular flexibility index (Phi) is 6.84. The van der Waals surface area contributed by atoms with Gasteiger partial charge in [0.2, 0.25) is 11.8 Å². The summed E-state index contributed by atoms with van der Waals surface area (Å²) in [4.78, 5) is 38.6. The molecule has 1 fully saturated rings. The second-order valence-corrected chi connectivity index (χ2v) is 9.14. The number of para-hydroxylation sites is 1. The van der Waals surface area contributed by atoms with Crippen LogP contribution in [0.15, 0.2) is 29.8 Å². The number of rotatable bonds is 6. The number of fused-ring (bicyclic) bond motifs is 1. The first-order valence-corrected chi connectivity index (χ1v) is 11.0. The number of hydrogen-bond acceptors (Lipinski definition) is 4. The van der Waals surface area contributed by atoms with E-state index in [-0.39, 0.29) is 24.3 Å². The maximum absolute atomic E-state index is 13.4. The van der Waals surface area contributed by atoms with Crippen LogP contribution in [0.3, 0.4) is 0 Å². The van der Waals surface area contributed by atoms with E-state index >= 15 is 0 Å². The summed E-state index contributed by atoms with van der Waals surface area (Å²) < 4.78 is 0. The van der Waals surface area contributed by atoms with Crippen LogP contribution in [0.25, 0.3) is 5.57 Å². The standard InChI is InChI=1S/C24H33N3O4/c1-14(2)20(28)22(30)25-13-24(11-7-8-12-24)23(31)27-19-16(4)15(3)17-9-5-6-10-18(17)26-21(19)29/h5-6,9-10,14,19-20,28H,7-8,11-13H2,1-4H3,(H,25,30)(H,26,29)(H,27,31)/t19?,20-/m0/s1. The second kappa shape index (κ2) is 9.22. The van der Waals surface area contributed by atoms with E-state index in [0.29, 0.717) is 12.8 Å². The first-order chi connectivity index (χ1) is 14.7. The number of amides is 3. The topological polar surface area (TPSA) is 108 Å². The van der Waals surface area contributed by atoms with Crippen LogP contribution in [0, 0.1) is 11.3 Å². The zero-order chi connectivity index (χ0) is 22.8. The molecule has 1 aliphatic carbocycles. The average Bonchev–Trinajstić information content (AvgIpc) is 3.21. The highest BCUT2D eigenvalue weighted by Gasteiger charge is 2.43.